The second-order valence-electron chi connectivity index (χ2n) is 9.54. The third-order valence-electron chi connectivity index (χ3n) is 6.59. The summed E-state index contributed by atoms with van der Waals surface area (Å²) in [5.41, 5.74) is 2.81. The lowest BCUT2D eigenvalue weighted by Gasteiger charge is -2.28. The number of nitrogens with zero attached hydrogens (tertiary/aromatic N) is 3. The fourth-order valence-corrected chi connectivity index (χ4v) is 4.72. The molecule has 0 bridgehead atoms. The molecule has 0 aliphatic carbocycles. The molecule has 0 saturated carbocycles. The molecule has 0 spiro atoms. The second kappa shape index (κ2) is 12.6. The van der Waals surface area contributed by atoms with Gasteiger partial charge in [0.1, 0.15) is 18.0 Å². The minimum atomic E-state index is -0.324. The van der Waals surface area contributed by atoms with Gasteiger partial charge in [0.2, 0.25) is 0 Å². The molecule has 1 aromatic heterocycles. The first-order valence-corrected chi connectivity index (χ1v) is 13.0. The first kappa shape index (κ1) is 26.5. The van der Waals surface area contributed by atoms with Crippen LogP contribution in [0.15, 0.2) is 66.9 Å². The van der Waals surface area contributed by atoms with Gasteiger partial charge in [-0.25, -0.2) is 9.78 Å². The molecule has 1 atom stereocenters. The van der Waals surface area contributed by atoms with Crippen molar-refractivity contribution in [3.63, 3.8) is 0 Å². The Hall–Kier alpha value is -3.58. The maximum Gasteiger partial charge on any atom is 0.342 e. The molecular formula is C30H37N3O4. The van der Waals surface area contributed by atoms with E-state index in [-0.39, 0.29) is 12.1 Å². The highest BCUT2D eigenvalue weighted by Crippen LogP contribution is 2.31. The highest BCUT2D eigenvalue weighted by molar-refractivity contribution is 5.95. The third-order valence-corrected chi connectivity index (χ3v) is 6.59. The van der Waals surface area contributed by atoms with Crippen molar-refractivity contribution in [2.24, 2.45) is 0 Å². The average molecular weight is 504 g/mol. The monoisotopic (exact) mass is 503 g/mol. The predicted octanol–water partition coefficient (Wildman–Crippen LogP) is 5.34. The van der Waals surface area contributed by atoms with Gasteiger partial charge < -0.3 is 19.1 Å². The van der Waals surface area contributed by atoms with Crippen LogP contribution >= 0.6 is 0 Å². The van der Waals surface area contributed by atoms with E-state index in [2.05, 4.69) is 46.0 Å². The highest BCUT2D eigenvalue weighted by atomic mass is 16.5. The number of ether oxygens (including phenoxy) is 3. The van der Waals surface area contributed by atoms with Crippen LogP contribution in [0.3, 0.4) is 0 Å². The summed E-state index contributed by atoms with van der Waals surface area (Å²) in [7, 11) is 1.67. The number of methoxy groups -OCH3 is 1. The number of carbonyl (C=O) groups is 1. The van der Waals surface area contributed by atoms with E-state index in [1.54, 1.807) is 25.4 Å². The molecule has 1 fully saturated rings. The summed E-state index contributed by atoms with van der Waals surface area (Å²) in [5, 5.41) is 0. The highest BCUT2D eigenvalue weighted by Gasteiger charge is 2.30. The van der Waals surface area contributed by atoms with Crippen molar-refractivity contribution in [2.45, 2.75) is 52.5 Å². The van der Waals surface area contributed by atoms with E-state index in [0.29, 0.717) is 24.0 Å². The molecular weight excluding hydrogens is 466 g/mol. The van der Waals surface area contributed by atoms with Gasteiger partial charge in [0.15, 0.2) is 11.5 Å². The Morgan fingerprint density at radius 1 is 1.08 bits per heavy atom. The maximum atomic E-state index is 12.7. The zero-order valence-electron chi connectivity index (χ0n) is 22.2. The summed E-state index contributed by atoms with van der Waals surface area (Å²) in [5.74, 6) is 1.85. The topological polar surface area (TPSA) is 64.1 Å². The van der Waals surface area contributed by atoms with Crippen molar-refractivity contribution < 1.29 is 19.0 Å². The van der Waals surface area contributed by atoms with Crippen LogP contribution in [0.5, 0.6) is 11.5 Å². The van der Waals surface area contributed by atoms with Crippen LogP contribution in [0, 0.1) is 0 Å². The summed E-state index contributed by atoms with van der Waals surface area (Å²) in [4.78, 5) is 21.9. The van der Waals surface area contributed by atoms with Crippen molar-refractivity contribution in [1.29, 1.82) is 0 Å². The number of pyridine rings is 1. The first-order valence-electron chi connectivity index (χ1n) is 13.0. The molecule has 4 rings (SSSR count). The fourth-order valence-electron chi connectivity index (χ4n) is 4.72. The van der Waals surface area contributed by atoms with E-state index in [1.165, 1.54) is 5.56 Å². The van der Waals surface area contributed by atoms with Gasteiger partial charge in [-0.05, 0) is 62.2 Å². The Morgan fingerprint density at radius 2 is 1.89 bits per heavy atom. The van der Waals surface area contributed by atoms with E-state index in [0.717, 1.165) is 49.7 Å². The molecule has 0 amide bonds. The summed E-state index contributed by atoms with van der Waals surface area (Å²) >= 11 is 0. The van der Waals surface area contributed by atoms with Gasteiger partial charge in [-0.15, -0.1) is 0 Å². The predicted molar refractivity (Wildman–Crippen MR) is 145 cm³/mol. The van der Waals surface area contributed by atoms with Crippen molar-refractivity contribution in [3.8, 4) is 11.5 Å². The fraction of sp³-hybridized carbons (Fsp3) is 0.400. The number of hydrogen-bond acceptors (Lipinski definition) is 7. The van der Waals surface area contributed by atoms with Gasteiger partial charge in [0.25, 0.3) is 0 Å². The van der Waals surface area contributed by atoms with Crippen LogP contribution in [0.25, 0.3) is 0 Å². The first-order chi connectivity index (χ1) is 18.0. The number of benzene rings is 2. The smallest absolute Gasteiger partial charge is 0.342 e. The molecule has 0 N–H and O–H groups in total. The zero-order valence-corrected chi connectivity index (χ0v) is 22.2. The van der Waals surface area contributed by atoms with Crippen LogP contribution in [-0.2, 0) is 17.9 Å². The summed E-state index contributed by atoms with van der Waals surface area (Å²) in [6.45, 7) is 9.74. The molecule has 2 heterocycles. The van der Waals surface area contributed by atoms with Crippen molar-refractivity contribution in [1.82, 2.24) is 9.88 Å². The van der Waals surface area contributed by atoms with Crippen molar-refractivity contribution >= 4 is 11.8 Å². The maximum absolute atomic E-state index is 12.7. The quantitative estimate of drug-likeness (QED) is 0.328. The third kappa shape index (κ3) is 6.80. The normalized spacial score (nSPS) is 15.3. The summed E-state index contributed by atoms with van der Waals surface area (Å²) < 4.78 is 17.1. The lowest BCUT2D eigenvalue weighted by Crippen LogP contribution is -2.37. The lowest BCUT2D eigenvalue weighted by atomic mass is 10.1. The van der Waals surface area contributed by atoms with Gasteiger partial charge >= 0.3 is 5.97 Å². The van der Waals surface area contributed by atoms with E-state index < -0.39 is 0 Å². The standard InChI is InChI=1S/C30H37N3O4/c1-5-32(19-24-13-14-27(35-4)28(18-24)36-21-23-10-7-6-8-11-23)25-15-17-33(20-25)29-26(12-9-16-31-29)30(34)37-22(2)3/h6-14,16,18,22,25H,5,15,17,19-21H2,1-4H3. The molecule has 1 saturated heterocycles. The number of likely N-dealkylation sites (N-methyl/N-ethyl adjacent to an activating group) is 1. The Kier molecular flexibility index (Phi) is 9.01. The number of anilines is 1. The van der Waals surface area contributed by atoms with E-state index in [4.69, 9.17) is 14.2 Å². The molecule has 196 valence electrons. The van der Waals surface area contributed by atoms with Gasteiger partial charge in [-0.2, -0.15) is 0 Å². The van der Waals surface area contributed by atoms with E-state index in [9.17, 15) is 4.79 Å². The Bertz CT molecular complexity index is 1170. The van der Waals surface area contributed by atoms with Crippen molar-refractivity contribution in [2.75, 3.05) is 31.6 Å². The lowest BCUT2D eigenvalue weighted by molar-refractivity contribution is 0.0378. The Morgan fingerprint density at radius 3 is 2.62 bits per heavy atom. The van der Waals surface area contributed by atoms with Crippen LogP contribution < -0.4 is 14.4 Å². The van der Waals surface area contributed by atoms with E-state index in [1.807, 2.05) is 38.1 Å². The number of hydrogen-bond donors (Lipinski definition) is 0. The molecule has 0 radical (unpaired) electrons. The molecule has 7 nitrogen and oxygen atoms in total. The van der Waals surface area contributed by atoms with Gasteiger partial charge in [-0.3, -0.25) is 4.90 Å². The van der Waals surface area contributed by atoms with Crippen LogP contribution in [0.2, 0.25) is 0 Å². The molecule has 1 unspecified atom stereocenters. The Labute approximate surface area is 220 Å². The van der Waals surface area contributed by atoms with Crippen LogP contribution in [0.1, 0.15) is 48.7 Å². The second-order valence-corrected chi connectivity index (χ2v) is 9.54. The molecule has 1 aliphatic heterocycles. The molecule has 1 aliphatic rings. The SMILES string of the molecule is CCN(Cc1ccc(OC)c(OCc2ccccc2)c1)C1CCN(c2ncccc2C(=O)OC(C)C)C1. The zero-order chi connectivity index (χ0) is 26.2. The average Bonchev–Trinajstić information content (AvgIpc) is 3.41. The number of carbonyl (C=O) groups excluding carboxylic acids is 1. The molecule has 3 aromatic rings. The summed E-state index contributed by atoms with van der Waals surface area (Å²) in [6, 6.07) is 20.2. The minimum absolute atomic E-state index is 0.173. The van der Waals surface area contributed by atoms with Crippen LogP contribution in [0.4, 0.5) is 5.82 Å². The Balaban J connectivity index is 1.44. The van der Waals surface area contributed by atoms with E-state index >= 15 is 0 Å². The minimum Gasteiger partial charge on any atom is -0.493 e. The van der Waals surface area contributed by atoms with Crippen molar-refractivity contribution in [3.05, 3.63) is 83.6 Å². The summed E-state index contributed by atoms with van der Waals surface area (Å²) in [6.07, 6.45) is 2.56. The number of aromatic nitrogens is 1. The number of esters is 1. The van der Waals surface area contributed by atoms with Gasteiger partial charge in [-0.1, -0.05) is 43.3 Å². The largest absolute Gasteiger partial charge is 0.493 e. The number of rotatable bonds is 11. The van der Waals surface area contributed by atoms with Gasteiger partial charge in [0.05, 0.1) is 13.2 Å². The van der Waals surface area contributed by atoms with Gasteiger partial charge in [0, 0.05) is 31.9 Å². The molecule has 2 aromatic carbocycles. The molecule has 37 heavy (non-hydrogen) atoms. The van der Waals surface area contributed by atoms with Crippen LogP contribution in [-0.4, -0.2) is 54.7 Å². The molecule has 7 heteroatoms.